The third kappa shape index (κ3) is 4.08. The van der Waals surface area contributed by atoms with Crippen molar-refractivity contribution in [3.63, 3.8) is 0 Å². The van der Waals surface area contributed by atoms with Gasteiger partial charge in [-0.2, -0.15) is 0 Å². The Morgan fingerprint density at radius 2 is 1.68 bits per heavy atom. The Kier molecular flexibility index (Phi) is 7.11. The molecule has 1 N–H and O–H groups in total. The molecule has 4 aliphatic rings. The number of aliphatic hydroxyl groups excluding tert-OH is 1. The summed E-state index contributed by atoms with van der Waals surface area (Å²) in [6.45, 7) is 12.4. The maximum Gasteiger partial charge on any atom is 0.249 e. The van der Waals surface area contributed by atoms with Crippen molar-refractivity contribution in [1.82, 2.24) is 9.80 Å². The molecule has 9 heteroatoms. The molecule has 0 saturated carbocycles. The van der Waals surface area contributed by atoms with Gasteiger partial charge in [0, 0.05) is 24.3 Å². The van der Waals surface area contributed by atoms with Crippen molar-refractivity contribution >= 4 is 23.4 Å². The zero-order chi connectivity index (χ0) is 29.0. The van der Waals surface area contributed by atoms with Crippen LogP contribution in [-0.2, 0) is 19.1 Å². The zero-order valence-electron chi connectivity index (χ0n) is 24.3. The quantitative estimate of drug-likeness (QED) is 0.546. The number of anilines is 1. The summed E-state index contributed by atoms with van der Waals surface area (Å²) < 4.78 is 12.6. The molecule has 3 amide bonds. The van der Waals surface area contributed by atoms with E-state index in [0.717, 1.165) is 0 Å². The normalized spacial score (nSPS) is 32.5. The number of ether oxygens (including phenoxy) is 2. The van der Waals surface area contributed by atoms with Crippen LogP contribution in [-0.4, -0.2) is 87.8 Å². The van der Waals surface area contributed by atoms with Crippen LogP contribution in [0.1, 0.15) is 48.0 Å². The molecule has 216 valence electrons. The summed E-state index contributed by atoms with van der Waals surface area (Å²) in [7, 11) is 0. The molecule has 5 rings (SSSR count). The Morgan fingerprint density at radius 1 is 1.00 bits per heavy atom. The molecule has 9 nitrogen and oxygen atoms in total. The van der Waals surface area contributed by atoms with Gasteiger partial charge < -0.3 is 29.3 Å². The lowest BCUT2D eigenvalue weighted by Gasteiger charge is -2.42. The van der Waals surface area contributed by atoms with Gasteiger partial charge in [0.05, 0.1) is 36.7 Å². The summed E-state index contributed by atoms with van der Waals surface area (Å²) in [6, 6.07) is 5.72. The predicted molar refractivity (Wildman–Crippen MR) is 151 cm³/mol. The molecule has 40 heavy (non-hydrogen) atoms. The third-order valence-corrected chi connectivity index (χ3v) is 8.89. The molecule has 1 aromatic carbocycles. The van der Waals surface area contributed by atoms with Gasteiger partial charge in [-0.15, -0.1) is 0 Å². The van der Waals surface area contributed by atoms with Crippen LogP contribution in [0.5, 0.6) is 5.75 Å². The van der Waals surface area contributed by atoms with E-state index in [2.05, 4.69) is 0 Å². The van der Waals surface area contributed by atoms with Gasteiger partial charge in [0.15, 0.2) is 0 Å². The summed E-state index contributed by atoms with van der Waals surface area (Å²) >= 11 is 0. The topological polar surface area (TPSA) is 99.6 Å². The number of hydrogen-bond acceptors (Lipinski definition) is 6. The van der Waals surface area contributed by atoms with Crippen molar-refractivity contribution in [2.75, 3.05) is 31.2 Å². The smallest absolute Gasteiger partial charge is 0.249 e. The van der Waals surface area contributed by atoms with E-state index in [1.807, 2.05) is 83.2 Å². The van der Waals surface area contributed by atoms with Crippen LogP contribution in [0.25, 0.3) is 0 Å². The van der Waals surface area contributed by atoms with E-state index in [1.54, 1.807) is 16.7 Å². The van der Waals surface area contributed by atoms with Crippen LogP contribution < -0.4 is 9.64 Å². The molecule has 0 bridgehead atoms. The maximum absolute atomic E-state index is 14.5. The molecule has 1 aromatic rings. The Bertz CT molecular complexity index is 1240. The zero-order valence-corrected chi connectivity index (χ0v) is 24.3. The first-order chi connectivity index (χ1) is 19.0. The molecule has 0 aromatic heterocycles. The Labute approximate surface area is 236 Å². The number of amides is 3. The molecule has 1 unspecified atom stereocenters. The Hall–Kier alpha value is -3.17. The van der Waals surface area contributed by atoms with Crippen LogP contribution in [0, 0.1) is 11.8 Å². The molecular formula is C31H41N3O6. The van der Waals surface area contributed by atoms with Crippen LogP contribution in [0.3, 0.4) is 0 Å². The highest BCUT2D eigenvalue weighted by atomic mass is 16.5. The first-order valence-electron chi connectivity index (χ1n) is 14.3. The SMILES string of the molecule is CCOc1ccc(N2CC=C[C@]3(CC)O[C@]45C=CCN(C(C)(C)C)C(=O)C4N([C@H](C)CO)C(=O)[C@@H]5[C@@H]3C2=O)cc1. The highest BCUT2D eigenvalue weighted by Gasteiger charge is 2.76. The van der Waals surface area contributed by atoms with Crippen LogP contribution in [0.15, 0.2) is 48.6 Å². The summed E-state index contributed by atoms with van der Waals surface area (Å²) in [6.07, 6.45) is 8.04. The van der Waals surface area contributed by atoms with Crippen LogP contribution in [0.4, 0.5) is 5.69 Å². The van der Waals surface area contributed by atoms with Crippen molar-refractivity contribution in [2.24, 2.45) is 11.8 Å². The van der Waals surface area contributed by atoms with Gasteiger partial charge in [-0.05, 0) is 65.3 Å². The molecule has 2 fully saturated rings. The minimum absolute atomic E-state index is 0.221. The van der Waals surface area contributed by atoms with Gasteiger partial charge in [0.1, 0.15) is 17.4 Å². The molecule has 0 radical (unpaired) electrons. The second kappa shape index (κ2) is 10.0. The lowest BCUT2D eigenvalue weighted by molar-refractivity contribution is -0.157. The van der Waals surface area contributed by atoms with Crippen molar-refractivity contribution in [2.45, 2.75) is 76.8 Å². The van der Waals surface area contributed by atoms with Crippen LogP contribution >= 0.6 is 0 Å². The first-order valence-corrected chi connectivity index (χ1v) is 14.3. The van der Waals surface area contributed by atoms with E-state index < -0.39 is 40.7 Å². The average Bonchev–Trinajstić information content (AvgIpc) is 3.21. The minimum atomic E-state index is -1.35. The molecular weight excluding hydrogens is 510 g/mol. The van der Waals surface area contributed by atoms with Gasteiger partial charge in [0.2, 0.25) is 17.7 Å². The van der Waals surface area contributed by atoms with Crippen molar-refractivity contribution < 1.29 is 29.0 Å². The maximum atomic E-state index is 14.5. The minimum Gasteiger partial charge on any atom is -0.494 e. The highest BCUT2D eigenvalue weighted by Crippen LogP contribution is 2.59. The largest absolute Gasteiger partial charge is 0.494 e. The number of carbonyl (C=O) groups excluding carboxylic acids is 3. The van der Waals surface area contributed by atoms with Gasteiger partial charge in [-0.25, -0.2) is 0 Å². The monoisotopic (exact) mass is 551 g/mol. The van der Waals surface area contributed by atoms with Crippen molar-refractivity contribution in [3.05, 3.63) is 48.6 Å². The second-order valence-corrected chi connectivity index (χ2v) is 12.2. The van der Waals surface area contributed by atoms with Gasteiger partial charge in [-0.1, -0.05) is 31.2 Å². The summed E-state index contributed by atoms with van der Waals surface area (Å²) in [5.41, 5.74) is -2.22. The second-order valence-electron chi connectivity index (χ2n) is 12.2. The highest BCUT2D eigenvalue weighted by molar-refractivity contribution is 6.04. The number of hydrogen-bond donors (Lipinski definition) is 1. The standard InChI is InChI=1S/C31H41N3O6/c1-7-30-15-9-17-32(21-11-13-22(14-12-21)39-8-2)26(36)23(30)24-27(37)34(20(3)19-35)25-28(38)33(29(4,5)6)18-10-16-31(24,25)40-30/h9-16,20,23-25,35H,7-8,17-19H2,1-6H3/t20-,23-,24+,25?,30+,31+/m1/s1. The van der Waals surface area contributed by atoms with E-state index in [4.69, 9.17) is 9.47 Å². The molecule has 2 saturated heterocycles. The van der Waals surface area contributed by atoms with E-state index in [9.17, 15) is 19.5 Å². The van der Waals surface area contributed by atoms with E-state index >= 15 is 0 Å². The van der Waals surface area contributed by atoms with Gasteiger partial charge in [-0.3, -0.25) is 14.4 Å². The Balaban J connectivity index is 1.64. The lowest BCUT2D eigenvalue weighted by atomic mass is 9.73. The molecule has 4 heterocycles. The van der Waals surface area contributed by atoms with Gasteiger partial charge >= 0.3 is 0 Å². The van der Waals surface area contributed by atoms with Crippen LogP contribution in [0.2, 0.25) is 0 Å². The number of benzene rings is 1. The number of carbonyl (C=O) groups is 3. The Morgan fingerprint density at radius 3 is 2.27 bits per heavy atom. The average molecular weight is 552 g/mol. The molecule has 0 aliphatic carbocycles. The number of fused-ring (bicyclic) bond motifs is 2. The van der Waals surface area contributed by atoms with Crippen molar-refractivity contribution in [3.8, 4) is 5.75 Å². The first kappa shape index (κ1) is 28.4. The fourth-order valence-electron chi connectivity index (χ4n) is 6.99. The van der Waals surface area contributed by atoms with Gasteiger partial charge in [0.25, 0.3) is 0 Å². The third-order valence-electron chi connectivity index (χ3n) is 8.89. The number of rotatable bonds is 6. The summed E-state index contributed by atoms with van der Waals surface area (Å²) in [5, 5.41) is 10.1. The number of aliphatic hydroxyl groups is 1. The fourth-order valence-corrected chi connectivity index (χ4v) is 6.99. The molecule has 1 spiro atoms. The number of likely N-dealkylation sites (tertiary alicyclic amines) is 1. The van der Waals surface area contributed by atoms with E-state index in [-0.39, 0.29) is 24.3 Å². The fraction of sp³-hybridized carbons (Fsp3) is 0.581. The van der Waals surface area contributed by atoms with E-state index in [1.165, 1.54) is 4.90 Å². The molecule has 6 atom stereocenters. The lowest BCUT2D eigenvalue weighted by Crippen LogP contribution is -2.60. The summed E-state index contributed by atoms with van der Waals surface area (Å²) in [4.78, 5) is 48.2. The van der Waals surface area contributed by atoms with Crippen molar-refractivity contribution in [1.29, 1.82) is 0 Å². The van der Waals surface area contributed by atoms with E-state index in [0.29, 0.717) is 37.6 Å². The predicted octanol–water partition coefficient (Wildman–Crippen LogP) is 2.93. The number of nitrogens with zero attached hydrogens (tertiary/aromatic N) is 3. The summed E-state index contributed by atoms with van der Waals surface area (Å²) in [5.74, 6) is -1.87. The molecule has 4 aliphatic heterocycles.